The van der Waals surface area contributed by atoms with Crippen molar-refractivity contribution in [2.45, 2.75) is 39.2 Å². The highest BCUT2D eigenvalue weighted by Crippen LogP contribution is 2.32. The van der Waals surface area contributed by atoms with Crippen LogP contribution in [0.3, 0.4) is 0 Å². The first kappa shape index (κ1) is 25.2. The quantitative estimate of drug-likeness (QED) is 0.281. The minimum absolute atomic E-state index is 0.175. The second-order valence-electron chi connectivity index (χ2n) is 9.68. The molecule has 6 rings (SSSR count). The number of nitrogens with one attached hydrogen (secondary N) is 2. The van der Waals surface area contributed by atoms with Crippen LogP contribution in [0.4, 0.5) is 11.6 Å². The smallest absolute Gasteiger partial charge is 0.260 e. The summed E-state index contributed by atoms with van der Waals surface area (Å²) >= 11 is 6.64. The summed E-state index contributed by atoms with van der Waals surface area (Å²) in [5.41, 5.74) is 4.44. The van der Waals surface area contributed by atoms with Gasteiger partial charge in [-0.25, -0.2) is 4.98 Å². The van der Waals surface area contributed by atoms with Crippen molar-refractivity contribution in [1.82, 2.24) is 30.0 Å². The number of fused-ring (bicyclic) bond motifs is 1. The molecular weight excluding hydrogens is 514 g/mol. The SMILES string of the molecule is CCn1c(=O)c(-c2ccc(-c3noc(C)n3)cc2Cl)cc2cnc(Nc3ccc(C4CCNCC4)cc3)nc21. The molecule has 2 aromatic carbocycles. The molecule has 39 heavy (non-hydrogen) atoms. The van der Waals surface area contributed by atoms with Crippen LogP contribution < -0.4 is 16.2 Å². The van der Waals surface area contributed by atoms with Gasteiger partial charge >= 0.3 is 0 Å². The van der Waals surface area contributed by atoms with Gasteiger partial charge in [-0.2, -0.15) is 9.97 Å². The van der Waals surface area contributed by atoms with E-state index in [0.29, 0.717) is 57.5 Å². The van der Waals surface area contributed by atoms with Crippen molar-refractivity contribution in [3.05, 3.63) is 81.6 Å². The highest BCUT2D eigenvalue weighted by molar-refractivity contribution is 6.33. The highest BCUT2D eigenvalue weighted by atomic mass is 35.5. The van der Waals surface area contributed by atoms with E-state index < -0.39 is 0 Å². The molecule has 198 valence electrons. The van der Waals surface area contributed by atoms with Crippen molar-refractivity contribution in [2.24, 2.45) is 0 Å². The zero-order chi connectivity index (χ0) is 26.9. The number of anilines is 2. The molecule has 0 bridgehead atoms. The number of aromatic nitrogens is 5. The van der Waals surface area contributed by atoms with Gasteiger partial charge in [-0.3, -0.25) is 9.36 Å². The molecule has 1 fully saturated rings. The second kappa shape index (κ2) is 10.6. The molecule has 1 aliphatic rings. The zero-order valence-electron chi connectivity index (χ0n) is 21.7. The van der Waals surface area contributed by atoms with Crippen LogP contribution in [0, 0.1) is 6.92 Å². The fourth-order valence-electron chi connectivity index (χ4n) is 5.12. The van der Waals surface area contributed by atoms with Crippen LogP contribution in [0.5, 0.6) is 0 Å². The first-order valence-corrected chi connectivity index (χ1v) is 13.5. The van der Waals surface area contributed by atoms with Gasteiger partial charge in [0.1, 0.15) is 5.65 Å². The maximum Gasteiger partial charge on any atom is 0.260 e. The Hall–Kier alpha value is -4.08. The van der Waals surface area contributed by atoms with Crippen LogP contribution >= 0.6 is 11.6 Å². The number of pyridine rings is 1. The molecule has 1 aliphatic heterocycles. The molecule has 0 spiro atoms. The zero-order valence-corrected chi connectivity index (χ0v) is 22.5. The molecule has 9 nitrogen and oxygen atoms in total. The lowest BCUT2D eigenvalue weighted by Gasteiger charge is -2.23. The number of hydrogen-bond donors (Lipinski definition) is 2. The van der Waals surface area contributed by atoms with Crippen LogP contribution in [-0.4, -0.2) is 37.8 Å². The third kappa shape index (κ3) is 5.03. The van der Waals surface area contributed by atoms with Gasteiger partial charge in [0.05, 0.1) is 0 Å². The molecule has 4 heterocycles. The molecule has 0 saturated carbocycles. The van der Waals surface area contributed by atoms with E-state index in [1.807, 2.05) is 13.0 Å². The maximum absolute atomic E-state index is 13.6. The summed E-state index contributed by atoms with van der Waals surface area (Å²) in [4.78, 5) is 27.0. The Morgan fingerprint density at radius 1 is 1.08 bits per heavy atom. The molecule has 0 atom stereocenters. The van der Waals surface area contributed by atoms with Crippen LogP contribution in [-0.2, 0) is 6.54 Å². The summed E-state index contributed by atoms with van der Waals surface area (Å²) in [6.45, 7) is 6.22. The molecule has 0 aliphatic carbocycles. The van der Waals surface area contributed by atoms with Gasteiger partial charge in [-0.1, -0.05) is 41.0 Å². The number of piperidine rings is 1. The van der Waals surface area contributed by atoms with Gasteiger partial charge in [0.25, 0.3) is 5.56 Å². The van der Waals surface area contributed by atoms with Gasteiger partial charge in [0, 0.05) is 52.5 Å². The molecule has 1 saturated heterocycles. The lowest BCUT2D eigenvalue weighted by molar-refractivity contribution is 0.394. The monoisotopic (exact) mass is 541 g/mol. The van der Waals surface area contributed by atoms with Gasteiger partial charge < -0.3 is 15.2 Å². The van der Waals surface area contributed by atoms with Gasteiger partial charge in [0.2, 0.25) is 17.7 Å². The number of nitrogens with zero attached hydrogens (tertiary/aromatic N) is 5. The van der Waals surface area contributed by atoms with E-state index in [1.54, 1.807) is 35.9 Å². The van der Waals surface area contributed by atoms with E-state index in [4.69, 9.17) is 21.1 Å². The van der Waals surface area contributed by atoms with Crippen molar-refractivity contribution in [3.8, 4) is 22.5 Å². The third-order valence-electron chi connectivity index (χ3n) is 7.17. The van der Waals surface area contributed by atoms with Crippen LogP contribution in [0.25, 0.3) is 33.5 Å². The maximum atomic E-state index is 13.6. The summed E-state index contributed by atoms with van der Waals surface area (Å²) in [5, 5.41) is 11.8. The summed E-state index contributed by atoms with van der Waals surface area (Å²) in [7, 11) is 0. The van der Waals surface area contributed by atoms with E-state index in [2.05, 4.69) is 50.0 Å². The average molecular weight is 542 g/mol. The lowest BCUT2D eigenvalue weighted by Crippen LogP contribution is -2.26. The van der Waals surface area contributed by atoms with E-state index in [9.17, 15) is 4.79 Å². The summed E-state index contributed by atoms with van der Waals surface area (Å²) in [6.07, 6.45) is 4.05. The predicted octanol–water partition coefficient (Wildman–Crippen LogP) is 5.70. The predicted molar refractivity (Wildman–Crippen MR) is 153 cm³/mol. The second-order valence-corrected chi connectivity index (χ2v) is 10.1. The largest absolute Gasteiger partial charge is 0.339 e. The highest BCUT2D eigenvalue weighted by Gasteiger charge is 2.17. The minimum Gasteiger partial charge on any atom is -0.339 e. The Labute approximate surface area is 230 Å². The average Bonchev–Trinajstić information content (AvgIpc) is 3.40. The van der Waals surface area contributed by atoms with Crippen molar-refractivity contribution < 1.29 is 4.52 Å². The number of benzene rings is 2. The minimum atomic E-state index is -0.175. The Kier molecular flexibility index (Phi) is 6.85. The summed E-state index contributed by atoms with van der Waals surface area (Å²) < 4.78 is 6.71. The fourth-order valence-corrected chi connectivity index (χ4v) is 5.40. The molecule has 10 heteroatoms. The Morgan fingerprint density at radius 3 is 2.56 bits per heavy atom. The topological polar surface area (TPSA) is 111 Å². The molecule has 0 radical (unpaired) electrons. The lowest BCUT2D eigenvalue weighted by atomic mass is 9.90. The van der Waals surface area contributed by atoms with E-state index in [-0.39, 0.29) is 5.56 Å². The Bertz CT molecular complexity index is 1710. The molecule has 2 N–H and O–H groups in total. The van der Waals surface area contributed by atoms with Crippen LogP contribution in [0.2, 0.25) is 5.02 Å². The summed E-state index contributed by atoms with van der Waals surface area (Å²) in [5.74, 6) is 1.94. The van der Waals surface area contributed by atoms with Crippen molar-refractivity contribution in [2.75, 3.05) is 18.4 Å². The van der Waals surface area contributed by atoms with Crippen molar-refractivity contribution in [3.63, 3.8) is 0 Å². The fraction of sp³-hybridized carbons (Fsp3) is 0.276. The summed E-state index contributed by atoms with van der Waals surface area (Å²) in [6, 6.07) is 15.6. The first-order chi connectivity index (χ1) is 19.0. The number of aryl methyl sites for hydroxylation is 2. The molecular formula is C29H28ClN7O2. The van der Waals surface area contributed by atoms with Crippen molar-refractivity contribution in [1.29, 1.82) is 0 Å². The first-order valence-electron chi connectivity index (χ1n) is 13.1. The van der Waals surface area contributed by atoms with E-state index >= 15 is 0 Å². The van der Waals surface area contributed by atoms with E-state index in [1.165, 1.54) is 5.56 Å². The molecule has 0 amide bonds. The van der Waals surface area contributed by atoms with E-state index in [0.717, 1.165) is 37.0 Å². The van der Waals surface area contributed by atoms with Crippen LogP contribution in [0.15, 0.2) is 64.0 Å². The Balaban J connectivity index is 1.30. The molecule has 0 unspecified atom stereocenters. The number of rotatable bonds is 6. The normalized spacial score (nSPS) is 14.1. The third-order valence-corrected chi connectivity index (χ3v) is 7.48. The van der Waals surface area contributed by atoms with Crippen LogP contribution in [0.1, 0.15) is 37.1 Å². The van der Waals surface area contributed by atoms with Crippen molar-refractivity contribution >= 4 is 34.3 Å². The van der Waals surface area contributed by atoms with Gasteiger partial charge in [-0.05, 0) is 68.6 Å². The number of halogens is 1. The van der Waals surface area contributed by atoms with Gasteiger partial charge in [-0.15, -0.1) is 0 Å². The molecule has 3 aromatic heterocycles. The van der Waals surface area contributed by atoms with Gasteiger partial charge in [0.15, 0.2) is 0 Å². The standard InChI is InChI=1S/C29H28ClN7O2/c1-3-37-27-21(14-24(28(37)38)23-9-6-20(15-25(23)30)26-33-17(2)39-36-26)16-32-29(35-27)34-22-7-4-18(5-8-22)19-10-12-31-13-11-19/h4-9,14-16,19,31H,3,10-13H2,1-2H3,(H,32,34,35). The number of hydrogen-bond acceptors (Lipinski definition) is 8. The Morgan fingerprint density at radius 2 is 1.87 bits per heavy atom. The molecule has 5 aromatic rings.